The third-order valence-electron chi connectivity index (χ3n) is 3.74. The summed E-state index contributed by atoms with van der Waals surface area (Å²) in [7, 11) is 0. The number of nitrogens with one attached hydrogen (secondary N) is 1. The van der Waals surface area contributed by atoms with Crippen LogP contribution in [0.4, 0.5) is 8.78 Å². The molecule has 0 radical (unpaired) electrons. The molecule has 1 atom stereocenters. The van der Waals surface area contributed by atoms with Crippen LogP contribution in [0.5, 0.6) is 0 Å². The smallest absolute Gasteiger partial charge is 0.130 e. The maximum Gasteiger partial charge on any atom is 0.130 e. The fourth-order valence-electron chi connectivity index (χ4n) is 2.70. The quantitative estimate of drug-likeness (QED) is 0.882. The van der Waals surface area contributed by atoms with Gasteiger partial charge in [-0.1, -0.05) is 25.8 Å². The van der Waals surface area contributed by atoms with Crippen LogP contribution in [0, 0.1) is 11.6 Å². The SMILES string of the molecule is CCCC[C@@H](c1ccc(F)cc1F)N1CCNCC1. The van der Waals surface area contributed by atoms with Crippen molar-refractivity contribution in [3.8, 4) is 0 Å². The molecular formula is C15H22F2N2. The van der Waals surface area contributed by atoms with Gasteiger partial charge in [0.15, 0.2) is 0 Å². The first kappa shape index (κ1) is 14.4. The maximum atomic E-state index is 14.0. The Morgan fingerprint density at radius 3 is 2.63 bits per heavy atom. The molecule has 1 fully saturated rings. The molecule has 0 aromatic heterocycles. The van der Waals surface area contributed by atoms with E-state index >= 15 is 0 Å². The zero-order valence-corrected chi connectivity index (χ0v) is 11.5. The second-order valence-corrected chi connectivity index (χ2v) is 5.11. The summed E-state index contributed by atoms with van der Waals surface area (Å²) in [5.41, 5.74) is 0.636. The molecule has 106 valence electrons. The van der Waals surface area contributed by atoms with Crippen molar-refractivity contribution in [1.82, 2.24) is 10.2 Å². The lowest BCUT2D eigenvalue weighted by Crippen LogP contribution is -2.45. The van der Waals surface area contributed by atoms with Crippen LogP contribution in [0.25, 0.3) is 0 Å². The molecule has 1 heterocycles. The van der Waals surface area contributed by atoms with E-state index in [0.29, 0.717) is 5.56 Å². The zero-order valence-electron chi connectivity index (χ0n) is 11.5. The van der Waals surface area contributed by atoms with Crippen molar-refractivity contribution in [3.05, 3.63) is 35.4 Å². The van der Waals surface area contributed by atoms with Crippen LogP contribution in [-0.2, 0) is 0 Å². The summed E-state index contributed by atoms with van der Waals surface area (Å²) in [5.74, 6) is -0.921. The van der Waals surface area contributed by atoms with Gasteiger partial charge in [-0.25, -0.2) is 8.78 Å². The lowest BCUT2D eigenvalue weighted by Gasteiger charge is -2.35. The lowest BCUT2D eigenvalue weighted by molar-refractivity contribution is 0.160. The van der Waals surface area contributed by atoms with Gasteiger partial charge in [-0.3, -0.25) is 4.90 Å². The summed E-state index contributed by atoms with van der Waals surface area (Å²) in [5, 5.41) is 3.31. The number of rotatable bonds is 5. The van der Waals surface area contributed by atoms with Gasteiger partial charge in [0.1, 0.15) is 11.6 Å². The van der Waals surface area contributed by atoms with Crippen molar-refractivity contribution in [3.63, 3.8) is 0 Å². The van der Waals surface area contributed by atoms with Crippen molar-refractivity contribution in [2.75, 3.05) is 26.2 Å². The Balaban J connectivity index is 2.19. The molecule has 4 heteroatoms. The highest BCUT2D eigenvalue weighted by atomic mass is 19.1. The number of hydrogen-bond donors (Lipinski definition) is 1. The van der Waals surface area contributed by atoms with Gasteiger partial charge in [-0.05, 0) is 12.5 Å². The molecule has 1 saturated heterocycles. The first-order chi connectivity index (χ1) is 9.22. The number of halogens is 2. The van der Waals surface area contributed by atoms with Gasteiger partial charge in [0, 0.05) is 43.9 Å². The molecule has 0 bridgehead atoms. The van der Waals surface area contributed by atoms with E-state index in [2.05, 4.69) is 17.1 Å². The average Bonchev–Trinajstić information content (AvgIpc) is 2.42. The molecule has 19 heavy (non-hydrogen) atoms. The van der Waals surface area contributed by atoms with Crippen molar-refractivity contribution in [1.29, 1.82) is 0 Å². The van der Waals surface area contributed by atoms with E-state index in [9.17, 15) is 8.78 Å². The van der Waals surface area contributed by atoms with Gasteiger partial charge < -0.3 is 5.32 Å². The standard InChI is InChI=1S/C15H22F2N2/c1-2-3-4-15(19-9-7-18-8-10-19)13-6-5-12(16)11-14(13)17/h5-6,11,15,18H,2-4,7-10H2,1H3/t15-/m0/s1. The lowest BCUT2D eigenvalue weighted by atomic mass is 9.98. The molecule has 0 saturated carbocycles. The minimum atomic E-state index is -0.504. The van der Waals surface area contributed by atoms with E-state index < -0.39 is 11.6 Å². The van der Waals surface area contributed by atoms with Gasteiger partial charge in [0.05, 0.1) is 0 Å². The molecule has 1 aliphatic heterocycles. The first-order valence-corrected chi connectivity index (χ1v) is 7.12. The van der Waals surface area contributed by atoms with Crippen LogP contribution in [0.3, 0.4) is 0 Å². The predicted molar refractivity (Wildman–Crippen MR) is 73.1 cm³/mol. The first-order valence-electron chi connectivity index (χ1n) is 7.12. The molecule has 1 aliphatic rings. The number of nitrogens with zero attached hydrogens (tertiary/aromatic N) is 1. The predicted octanol–water partition coefficient (Wildman–Crippen LogP) is 3.10. The third-order valence-corrected chi connectivity index (χ3v) is 3.74. The van der Waals surface area contributed by atoms with Crippen LogP contribution >= 0.6 is 0 Å². The van der Waals surface area contributed by atoms with E-state index in [4.69, 9.17) is 0 Å². The van der Waals surface area contributed by atoms with Gasteiger partial charge in [-0.2, -0.15) is 0 Å². The molecule has 1 aromatic rings. The molecule has 1 aromatic carbocycles. The van der Waals surface area contributed by atoms with Crippen molar-refractivity contribution in [2.24, 2.45) is 0 Å². The van der Waals surface area contributed by atoms with Gasteiger partial charge >= 0.3 is 0 Å². The Kier molecular flexibility index (Phi) is 5.28. The Bertz CT molecular complexity index is 403. The largest absolute Gasteiger partial charge is 0.314 e. The topological polar surface area (TPSA) is 15.3 Å². The Labute approximate surface area is 113 Å². The van der Waals surface area contributed by atoms with Crippen LogP contribution in [0.2, 0.25) is 0 Å². The number of piperazine rings is 1. The van der Waals surface area contributed by atoms with Gasteiger partial charge in [-0.15, -0.1) is 0 Å². The summed E-state index contributed by atoms with van der Waals surface area (Å²) in [4.78, 5) is 2.31. The van der Waals surface area contributed by atoms with Crippen molar-refractivity contribution in [2.45, 2.75) is 32.2 Å². The number of benzene rings is 1. The fraction of sp³-hybridized carbons (Fsp3) is 0.600. The van der Waals surface area contributed by atoms with Crippen LogP contribution in [0.1, 0.15) is 37.8 Å². The molecule has 1 N–H and O–H groups in total. The summed E-state index contributed by atoms with van der Waals surface area (Å²) in [6, 6.07) is 4.03. The number of hydrogen-bond acceptors (Lipinski definition) is 2. The van der Waals surface area contributed by atoms with E-state index in [0.717, 1.165) is 51.5 Å². The Morgan fingerprint density at radius 1 is 1.26 bits per heavy atom. The van der Waals surface area contributed by atoms with Gasteiger partial charge in [0.2, 0.25) is 0 Å². The molecule has 0 amide bonds. The highest BCUT2D eigenvalue weighted by molar-refractivity contribution is 5.22. The molecule has 0 spiro atoms. The normalized spacial score (nSPS) is 18.5. The van der Waals surface area contributed by atoms with E-state index in [1.165, 1.54) is 6.07 Å². The fourth-order valence-corrected chi connectivity index (χ4v) is 2.70. The van der Waals surface area contributed by atoms with Crippen molar-refractivity contribution < 1.29 is 8.78 Å². The third kappa shape index (κ3) is 3.74. The molecule has 2 rings (SSSR count). The summed E-state index contributed by atoms with van der Waals surface area (Å²) in [6.45, 7) is 5.85. The van der Waals surface area contributed by atoms with E-state index in [1.54, 1.807) is 6.07 Å². The maximum absolute atomic E-state index is 14.0. The molecule has 2 nitrogen and oxygen atoms in total. The second kappa shape index (κ2) is 6.96. The highest BCUT2D eigenvalue weighted by Gasteiger charge is 2.24. The zero-order chi connectivity index (χ0) is 13.7. The molecular weight excluding hydrogens is 246 g/mol. The summed E-state index contributed by atoms with van der Waals surface area (Å²) < 4.78 is 27.0. The molecule has 0 aliphatic carbocycles. The van der Waals surface area contributed by atoms with Crippen LogP contribution in [-0.4, -0.2) is 31.1 Å². The van der Waals surface area contributed by atoms with Gasteiger partial charge in [0.25, 0.3) is 0 Å². The van der Waals surface area contributed by atoms with E-state index in [-0.39, 0.29) is 6.04 Å². The highest BCUT2D eigenvalue weighted by Crippen LogP contribution is 2.29. The Morgan fingerprint density at radius 2 is 2.00 bits per heavy atom. The monoisotopic (exact) mass is 268 g/mol. The van der Waals surface area contributed by atoms with Crippen LogP contribution < -0.4 is 5.32 Å². The molecule has 0 unspecified atom stereocenters. The Hall–Kier alpha value is -1.00. The second-order valence-electron chi connectivity index (χ2n) is 5.11. The average molecular weight is 268 g/mol. The van der Waals surface area contributed by atoms with Crippen molar-refractivity contribution >= 4 is 0 Å². The summed E-state index contributed by atoms with van der Waals surface area (Å²) >= 11 is 0. The minimum Gasteiger partial charge on any atom is -0.314 e. The number of unbranched alkanes of at least 4 members (excludes halogenated alkanes) is 1. The van der Waals surface area contributed by atoms with Crippen LogP contribution in [0.15, 0.2) is 18.2 Å². The summed E-state index contributed by atoms with van der Waals surface area (Å²) in [6.07, 6.45) is 3.08. The van der Waals surface area contributed by atoms with E-state index in [1.807, 2.05) is 0 Å². The minimum absolute atomic E-state index is 0.0719.